The van der Waals surface area contributed by atoms with Crippen LogP contribution in [0.2, 0.25) is 0 Å². The normalized spacial score (nSPS) is 18.4. The van der Waals surface area contributed by atoms with E-state index < -0.39 is 12.1 Å². The zero-order valence-electron chi connectivity index (χ0n) is 23.2. The number of rotatable bonds is 2. The first kappa shape index (κ1) is 27.6. The number of hydrogen-bond donors (Lipinski definition) is 2. The number of methoxy groups -OCH3 is 1. The highest BCUT2D eigenvalue weighted by atomic mass is 16.5. The molecule has 3 aliphatic rings. The van der Waals surface area contributed by atoms with Crippen molar-refractivity contribution in [1.82, 2.24) is 30.7 Å². The minimum atomic E-state index is -0.575. The number of carbonyl (C=O) groups excluding carboxylic acids is 3. The van der Waals surface area contributed by atoms with Crippen LogP contribution in [-0.2, 0) is 11.3 Å². The molecule has 7 rings (SSSR count). The Morgan fingerprint density at radius 2 is 1.84 bits per heavy atom. The molecule has 12 nitrogen and oxygen atoms in total. The van der Waals surface area contributed by atoms with E-state index in [1.807, 2.05) is 6.07 Å². The minimum absolute atomic E-state index is 0.179. The number of amides is 3. The summed E-state index contributed by atoms with van der Waals surface area (Å²) in [4.78, 5) is 45.2. The lowest BCUT2D eigenvalue weighted by molar-refractivity contribution is -0.123. The molecule has 1 fully saturated rings. The van der Waals surface area contributed by atoms with E-state index in [0.29, 0.717) is 33.9 Å². The molecule has 2 atom stereocenters. The van der Waals surface area contributed by atoms with E-state index >= 15 is 0 Å². The third kappa shape index (κ3) is 6.22. The van der Waals surface area contributed by atoms with Crippen molar-refractivity contribution >= 4 is 17.7 Å². The molecule has 0 aliphatic carbocycles. The predicted octanol–water partition coefficient (Wildman–Crippen LogP) is 2.26. The zero-order valence-corrected chi connectivity index (χ0v) is 23.2. The van der Waals surface area contributed by atoms with Crippen LogP contribution < -0.4 is 24.8 Å². The number of hydrogen-bond acceptors (Lipinski definition) is 9. The lowest BCUT2D eigenvalue weighted by Gasteiger charge is -2.22. The SMILES string of the molecule is COc1cc2ccc1CNC(=O)COc1cccc(c1)-c1cncc(c1)C(=O)N[C@H]1CN(C(=O)c3ccnnc3)C[C@@H]1O2. The number of benzene rings is 2. The number of aromatic nitrogens is 3. The van der Waals surface area contributed by atoms with Crippen molar-refractivity contribution in [3.63, 3.8) is 0 Å². The number of likely N-dealkylation sites (tertiary alicyclic amines) is 1. The summed E-state index contributed by atoms with van der Waals surface area (Å²) in [6, 6.07) is 15.3. The lowest BCUT2D eigenvalue weighted by atomic mass is 10.1. The third-order valence-corrected chi connectivity index (χ3v) is 7.26. The fourth-order valence-electron chi connectivity index (χ4n) is 5.05. The molecule has 3 aliphatic heterocycles. The van der Waals surface area contributed by atoms with E-state index in [1.54, 1.807) is 59.6 Å². The van der Waals surface area contributed by atoms with Crippen LogP contribution in [-0.4, -0.2) is 76.8 Å². The van der Waals surface area contributed by atoms with Gasteiger partial charge in [0, 0.05) is 42.7 Å². The predicted molar refractivity (Wildman–Crippen MR) is 154 cm³/mol. The lowest BCUT2D eigenvalue weighted by Crippen LogP contribution is -2.45. The molecule has 5 heterocycles. The Morgan fingerprint density at radius 1 is 0.953 bits per heavy atom. The van der Waals surface area contributed by atoms with Gasteiger partial charge in [0.2, 0.25) is 0 Å². The summed E-state index contributed by atoms with van der Waals surface area (Å²) >= 11 is 0. The first-order valence-electron chi connectivity index (χ1n) is 13.6. The van der Waals surface area contributed by atoms with Crippen molar-refractivity contribution < 1.29 is 28.6 Å². The Labute approximate surface area is 247 Å². The summed E-state index contributed by atoms with van der Waals surface area (Å²) in [5, 5.41) is 13.5. The maximum absolute atomic E-state index is 13.5. The molecule has 6 bridgehead atoms. The average Bonchev–Trinajstić information content (AvgIpc) is 3.44. The molecular formula is C31H28N6O6. The number of pyridine rings is 1. The van der Waals surface area contributed by atoms with Gasteiger partial charge in [-0.1, -0.05) is 12.1 Å². The molecule has 0 spiro atoms. The largest absolute Gasteiger partial charge is 0.496 e. The van der Waals surface area contributed by atoms with Gasteiger partial charge in [0.05, 0.1) is 43.2 Å². The number of carbonyl (C=O) groups is 3. The second-order valence-electron chi connectivity index (χ2n) is 10.1. The van der Waals surface area contributed by atoms with Crippen molar-refractivity contribution in [3.05, 3.63) is 96.1 Å². The van der Waals surface area contributed by atoms with Crippen molar-refractivity contribution in [1.29, 1.82) is 0 Å². The molecule has 12 heteroatoms. The summed E-state index contributed by atoms with van der Waals surface area (Å²) in [5.41, 5.74) is 2.93. The van der Waals surface area contributed by atoms with Crippen LogP contribution in [0.25, 0.3) is 11.1 Å². The molecule has 1 saturated heterocycles. The van der Waals surface area contributed by atoms with Crippen molar-refractivity contribution in [2.24, 2.45) is 0 Å². The van der Waals surface area contributed by atoms with Crippen molar-refractivity contribution in [2.75, 3.05) is 26.8 Å². The highest BCUT2D eigenvalue weighted by molar-refractivity contribution is 5.96. The highest BCUT2D eigenvalue weighted by Crippen LogP contribution is 2.28. The van der Waals surface area contributed by atoms with Gasteiger partial charge in [0.15, 0.2) is 6.61 Å². The molecule has 0 radical (unpaired) electrons. The number of nitrogens with zero attached hydrogens (tertiary/aromatic N) is 4. The topological polar surface area (TPSA) is 145 Å². The Morgan fingerprint density at radius 3 is 2.67 bits per heavy atom. The van der Waals surface area contributed by atoms with Gasteiger partial charge < -0.3 is 29.7 Å². The van der Waals surface area contributed by atoms with Crippen LogP contribution in [0, 0.1) is 0 Å². The molecule has 2 aromatic heterocycles. The molecule has 3 amide bonds. The Hall–Kier alpha value is -5.52. The monoisotopic (exact) mass is 580 g/mol. The third-order valence-electron chi connectivity index (χ3n) is 7.26. The standard InChI is InChI=1S/C31H28N6O6/c1-41-27-11-25-6-5-20(27)14-33-29(38)18-42-24-4-2-3-19(10-24)22-9-23(13-32-12-22)30(39)36-26-16-37(17-28(26)43-25)31(40)21-7-8-34-35-15-21/h2-13,15,26,28H,14,16-18H2,1H3,(H,33,38)(H,36,39)/t26-,28-/m0/s1. The second-order valence-corrected chi connectivity index (χ2v) is 10.1. The Balaban J connectivity index is 1.34. The van der Waals surface area contributed by atoms with E-state index in [-0.39, 0.29) is 44.0 Å². The summed E-state index contributed by atoms with van der Waals surface area (Å²) in [5.74, 6) is 0.581. The van der Waals surface area contributed by atoms with E-state index in [9.17, 15) is 14.4 Å². The van der Waals surface area contributed by atoms with E-state index in [1.165, 1.54) is 25.7 Å². The van der Waals surface area contributed by atoms with Gasteiger partial charge in [-0.05, 0) is 42.0 Å². The van der Waals surface area contributed by atoms with Crippen LogP contribution in [0.1, 0.15) is 26.3 Å². The van der Waals surface area contributed by atoms with Gasteiger partial charge in [-0.15, -0.1) is 0 Å². The van der Waals surface area contributed by atoms with Crippen molar-refractivity contribution in [2.45, 2.75) is 18.7 Å². The average molecular weight is 581 g/mol. The van der Waals surface area contributed by atoms with Gasteiger partial charge in [-0.2, -0.15) is 10.2 Å². The van der Waals surface area contributed by atoms with Gasteiger partial charge in [0.1, 0.15) is 23.4 Å². The number of fused-ring (bicyclic) bond motifs is 7. The Kier molecular flexibility index (Phi) is 7.81. The summed E-state index contributed by atoms with van der Waals surface area (Å²) in [6.07, 6.45) is 5.41. The molecule has 2 aromatic carbocycles. The van der Waals surface area contributed by atoms with Crippen molar-refractivity contribution in [3.8, 4) is 28.4 Å². The summed E-state index contributed by atoms with van der Waals surface area (Å²) in [6.45, 7) is 0.471. The van der Waals surface area contributed by atoms with Gasteiger partial charge in [-0.3, -0.25) is 19.4 Å². The first-order valence-corrected chi connectivity index (χ1v) is 13.6. The number of nitrogens with one attached hydrogen (secondary N) is 2. The summed E-state index contributed by atoms with van der Waals surface area (Å²) in [7, 11) is 1.53. The van der Waals surface area contributed by atoms with Crippen LogP contribution in [0.5, 0.6) is 17.2 Å². The summed E-state index contributed by atoms with van der Waals surface area (Å²) < 4.78 is 17.6. The molecule has 0 unspecified atom stereocenters. The molecular weight excluding hydrogens is 552 g/mol. The maximum atomic E-state index is 13.5. The van der Waals surface area contributed by atoms with Crippen LogP contribution in [0.15, 0.2) is 79.4 Å². The Bertz CT molecular complexity index is 1670. The molecule has 2 N–H and O–H groups in total. The molecule has 0 saturated carbocycles. The quantitative estimate of drug-likeness (QED) is 0.365. The van der Waals surface area contributed by atoms with E-state index in [4.69, 9.17) is 14.2 Å². The van der Waals surface area contributed by atoms with Crippen LogP contribution in [0.3, 0.4) is 0 Å². The van der Waals surface area contributed by atoms with Gasteiger partial charge in [0.25, 0.3) is 17.7 Å². The fourth-order valence-corrected chi connectivity index (χ4v) is 5.05. The molecule has 43 heavy (non-hydrogen) atoms. The first-order chi connectivity index (χ1) is 21.0. The highest BCUT2D eigenvalue weighted by Gasteiger charge is 2.38. The second kappa shape index (κ2) is 12.1. The van der Waals surface area contributed by atoms with Crippen LogP contribution >= 0.6 is 0 Å². The van der Waals surface area contributed by atoms with E-state index in [2.05, 4.69) is 25.8 Å². The number of ether oxygens (including phenoxy) is 3. The fraction of sp³-hybridized carbons (Fsp3) is 0.226. The minimum Gasteiger partial charge on any atom is -0.496 e. The smallest absolute Gasteiger partial charge is 0.258 e. The molecule has 218 valence electrons. The van der Waals surface area contributed by atoms with E-state index in [0.717, 1.165) is 11.1 Å². The maximum Gasteiger partial charge on any atom is 0.258 e. The van der Waals surface area contributed by atoms with Gasteiger partial charge >= 0.3 is 0 Å². The molecule has 4 aromatic rings. The zero-order chi connectivity index (χ0) is 29.8. The van der Waals surface area contributed by atoms with Crippen LogP contribution in [0.4, 0.5) is 0 Å². The van der Waals surface area contributed by atoms with Gasteiger partial charge in [-0.25, -0.2) is 0 Å².